The van der Waals surface area contributed by atoms with Gasteiger partial charge in [0.25, 0.3) is 11.5 Å². The molecule has 1 saturated heterocycles. The van der Waals surface area contributed by atoms with Crippen molar-refractivity contribution in [2.24, 2.45) is 0 Å². The van der Waals surface area contributed by atoms with Crippen molar-refractivity contribution >= 4 is 28.6 Å². The summed E-state index contributed by atoms with van der Waals surface area (Å²) in [5, 5.41) is 0.716. The van der Waals surface area contributed by atoms with Crippen molar-refractivity contribution < 1.29 is 4.79 Å². The number of para-hydroxylation sites is 1. The number of aromatic amines is 2. The molecule has 1 aliphatic rings. The summed E-state index contributed by atoms with van der Waals surface area (Å²) in [7, 11) is 0. The summed E-state index contributed by atoms with van der Waals surface area (Å²) >= 11 is 0. The molecule has 27 heavy (non-hydrogen) atoms. The number of nitrogens with one attached hydrogen (secondary N) is 2. The highest BCUT2D eigenvalue weighted by Gasteiger charge is 2.24. The molecule has 1 fully saturated rings. The van der Waals surface area contributed by atoms with Crippen molar-refractivity contribution in [3.63, 3.8) is 0 Å². The molecule has 138 valence electrons. The van der Waals surface area contributed by atoms with Crippen LogP contribution in [0.3, 0.4) is 0 Å². The van der Waals surface area contributed by atoms with Crippen LogP contribution in [0.4, 0.5) is 11.8 Å². The van der Waals surface area contributed by atoms with Crippen molar-refractivity contribution in [1.82, 2.24) is 19.9 Å². The topological polar surface area (TPSA) is 128 Å². The largest absolute Gasteiger partial charge is 0.369 e. The third-order valence-electron chi connectivity index (χ3n) is 4.62. The van der Waals surface area contributed by atoms with Gasteiger partial charge in [0.2, 0.25) is 11.5 Å². The first-order valence-electron chi connectivity index (χ1n) is 8.54. The van der Waals surface area contributed by atoms with Crippen LogP contribution < -0.4 is 21.8 Å². The molecule has 0 bridgehead atoms. The van der Waals surface area contributed by atoms with Crippen molar-refractivity contribution in [2.45, 2.75) is 0 Å². The summed E-state index contributed by atoms with van der Waals surface area (Å²) in [5.41, 5.74) is 6.00. The first kappa shape index (κ1) is 16.8. The number of anilines is 2. The molecular formula is C18H18N6O3. The van der Waals surface area contributed by atoms with Gasteiger partial charge in [0.15, 0.2) is 0 Å². The second-order valence-corrected chi connectivity index (χ2v) is 6.36. The van der Waals surface area contributed by atoms with Gasteiger partial charge in [0.1, 0.15) is 5.82 Å². The molecule has 0 unspecified atom stereocenters. The Kier molecular flexibility index (Phi) is 4.11. The Labute approximate surface area is 153 Å². The lowest BCUT2D eigenvalue weighted by Gasteiger charge is -2.35. The highest BCUT2D eigenvalue weighted by Crippen LogP contribution is 2.19. The molecule has 1 aliphatic heterocycles. The minimum Gasteiger partial charge on any atom is -0.369 e. The molecule has 9 nitrogen and oxygen atoms in total. The van der Waals surface area contributed by atoms with E-state index >= 15 is 0 Å². The average Bonchev–Trinajstić information content (AvgIpc) is 2.66. The smallest absolute Gasteiger partial charge is 0.254 e. The van der Waals surface area contributed by atoms with Gasteiger partial charge in [-0.15, -0.1) is 0 Å². The molecule has 4 N–H and O–H groups in total. The number of amides is 1. The van der Waals surface area contributed by atoms with Crippen molar-refractivity contribution in [2.75, 3.05) is 36.8 Å². The molecular weight excluding hydrogens is 348 g/mol. The number of fused-ring (bicyclic) bond motifs is 1. The first-order chi connectivity index (χ1) is 13.0. The summed E-state index contributed by atoms with van der Waals surface area (Å²) < 4.78 is 0. The lowest BCUT2D eigenvalue weighted by atomic mass is 10.1. The van der Waals surface area contributed by atoms with Gasteiger partial charge >= 0.3 is 0 Å². The minimum absolute atomic E-state index is 0.0611. The Morgan fingerprint density at radius 3 is 2.44 bits per heavy atom. The lowest BCUT2D eigenvalue weighted by molar-refractivity contribution is 0.0748. The number of nitrogens with zero attached hydrogens (tertiary/aromatic N) is 3. The van der Waals surface area contributed by atoms with E-state index in [4.69, 9.17) is 5.73 Å². The maximum Gasteiger partial charge on any atom is 0.254 e. The molecule has 4 rings (SSSR count). The van der Waals surface area contributed by atoms with Gasteiger partial charge in [0, 0.05) is 49.2 Å². The van der Waals surface area contributed by atoms with E-state index in [1.54, 1.807) is 11.0 Å². The molecule has 3 aromatic rings. The lowest BCUT2D eigenvalue weighted by Crippen LogP contribution is -2.49. The molecule has 1 aromatic carbocycles. The third-order valence-corrected chi connectivity index (χ3v) is 4.62. The van der Waals surface area contributed by atoms with Gasteiger partial charge in [-0.25, -0.2) is 0 Å². The fourth-order valence-electron chi connectivity index (χ4n) is 3.32. The van der Waals surface area contributed by atoms with Crippen LogP contribution in [0.25, 0.3) is 10.9 Å². The fourth-order valence-corrected chi connectivity index (χ4v) is 3.32. The number of rotatable bonds is 2. The normalized spacial score (nSPS) is 14.5. The zero-order valence-electron chi connectivity index (χ0n) is 14.4. The second kappa shape index (κ2) is 6.60. The summed E-state index contributed by atoms with van der Waals surface area (Å²) in [6.45, 7) is 1.94. The molecule has 9 heteroatoms. The number of aromatic nitrogens is 3. The molecule has 3 heterocycles. The van der Waals surface area contributed by atoms with E-state index in [0.29, 0.717) is 48.5 Å². The van der Waals surface area contributed by atoms with Gasteiger partial charge in [-0.05, 0) is 6.07 Å². The number of carbonyl (C=O) groups is 1. The molecule has 0 spiro atoms. The van der Waals surface area contributed by atoms with Crippen molar-refractivity contribution in [1.29, 1.82) is 0 Å². The van der Waals surface area contributed by atoms with E-state index in [0.717, 1.165) is 0 Å². The van der Waals surface area contributed by atoms with Gasteiger partial charge in [-0.2, -0.15) is 4.98 Å². The van der Waals surface area contributed by atoms with Crippen LogP contribution in [0.2, 0.25) is 0 Å². The number of pyridine rings is 1. The Bertz CT molecular complexity index is 1130. The van der Waals surface area contributed by atoms with Crippen molar-refractivity contribution in [3.8, 4) is 0 Å². The standard InChI is InChI=1S/C18H18N6O3/c19-18-21-14(10-16(26)22-18)23-5-7-24(8-6-23)17(27)12-9-15(25)20-13-4-2-1-3-11(12)13/h1-4,9-10H,5-8H2,(H,20,25)(H3,19,21,22,26). The zero-order valence-corrected chi connectivity index (χ0v) is 14.4. The van der Waals surface area contributed by atoms with E-state index < -0.39 is 0 Å². The van der Waals surface area contributed by atoms with Gasteiger partial charge in [-0.1, -0.05) is 18.2 Å². The van der Waals surface area contributed by atoms with Gasteiger partial charge < -0.3 is 20.5 Å². The molecule has 0 atom stereocenters. The predicted octanol–water partition coefficient (Wildman–Crippen LogP) is 0.156. The van der Waals surface area contributed by atoms with E-state index in [2.05, 4.69) is 15.0 Å². The summed E-state index contributed by atoms with van der Waals surface area (Å²) in [5.74, 6) is 0.367. The average molecular weight is 366 g/mol. The highest BCUT2D eigenvalue weighted by molar-refractivity contribution is 6.06. The minimum atomic E-state index is -0.314. The van der Waals surface area contributed by atoms with Crippen LogP contribution in [-0.2, 0) is 0 Å². The van der Waals surface area contributed by atoms with Gasteiger partial charge in [0.05, 0.1) is 5.56 Å². The van der Waals surface area contributed by atoms with E-state index in [9.17, 15) is 14.4 Å². The number of nitrogen functional groups attached to an aromatic ring is 1. The van der Waals surface area contributed by atoms with Crippen LogP contribution in [0.5, 0.6) is 0 Å². The molecule has 0 aliphatic carbocycles. The predicted molar refractivity (Wildman–Crippen MR) is 102 cm³/mol. The number of benzene rings is 1. The van der Waals surface area contributed by atoms with Crippen LogP contribution in [0.15, 0.2) is 46.0 Å². The van der Waals surface area contributed by atoms with Gasteiger partial charge in [-0.3, -0.25) is 19.4 Å². The summed E-state index contributed by atoms with van der Waals surface area (Å²) in [6.07, 6.45) is 0. The molecule has 0 radical (unpaired) electrons. The molecule has 0 saturated carbocycles. The number of nitrogens with two attached hydrogens (primary N) is 1. The number of carbonyl (C=O) groups excluding carboxylic acids is 1. The quantitative estimate of drug-likeness (QED) is 0.592. The Balaban J connectivity index is 1.56. The SMILES string of the molecule is Nc1nc(N2CCN(C(=O)c3cc(=O)[nH]c4ccccc34)CC2)cc(=O)[nH]1. The number of hydrogen-bond donors (Lipinski definition) is 3. The van der Waals surface area contributed by atoms with Crippen LogP contribution in [0.1, 0.15) is 10.4 Å². The fraction of sp³-hybridized carbons (Fsp3) is 0.222. The summed E-state index contributed by atoms with van der Waals surface area (Å²) in [6, 6.07) is 9.96. The van der Waals surface area contributed by atoms with Crippen LogP contribution in [-0.4, -0.2) is 51.9 Å². The Morgan fingerprint density at radius 1 is 1.00 bits per heavy atom. The number of hydrogen-bond acceptors (Lipinski definition) is 6. The Morgan fingerprint density at radius 2 is 1.70 bits per heavy atom. The van der Waals surface area contributed by atoms with E-state index in [-0.39, 0.29) is 23.0 Å². The monoisotopic (exact) mass is 366 g/mol. The van der Waals surface area contributed by atoms with Crippen LogP contribution >= 0.6 is 0 Å². The summed E-state index contributed by atoms with van der Waals surface area (Å²) in [4.78, 5) is 49.4. The zero-order chi connectivity index (χ0) is 19.0. The first-order valence-corrected chi connectivity index (χ1v) is 8.54. The van der Waals surface area contributed by atoms with E-state index in [1.807, 2.05) is 23.1 Å². The molecule has 1 amide bonds. The maximum absolute atomic E-state index is 13.0. The van der Waals surface area contributed by atoms with E-state index in [1.165, 1.54) is 12.1 Å². The second-order valence-electron chi connectivity index (χ2n) is 6.36. The Hall–Kier alpha value is -3.62. The maximum atomic E-state index is 13.0. The van der Waals surface area contributed by atoms with Crippen molar-refractivity contribution in [3.05, 3.63) is 62.7 Å². The highest BCUT2D eigenvalue weighted by atomic mass is 16.2. The number of H-pyrrole nitrogens is 2. The third kappa shape index (κ3) is 3.26. The number of piperazine rings is 1. The molecule has 2 aromatic heterocycles. The van der Waals surface area contributed by atoms with Crippen LogP contribution in [0, 0.1) is 0 Å².